The first kappa shape index (κ1) is 20.3. The molecule has 1 N–H and O–H groups in total. The van der Waals surface area contributed by atoms with Gasteiger partial charge in [0.2, 0.25) is 5.91 Å². The smallest absolute Gasteiger partial charge is 0.251 e. The molecule has 2 aliphatic heterocycles. The Morgan fingerprint density at radius 1 is 1.03 bits per heavy atom. The van der Waals surface area contributed by atoms with Crippen LogP contribution in [0.1, 0.15) is 35.2 Å². The Bertz CT molecular complexity index is 891. The van der Waals surface area contributed by atoms with Gasteiger partial charge in [-0.2, -0.15) is 0 Å². The molecule has 0 unspecified atom stereocenters. The van der Waals surface area contributed by atoms with Crippen molar-refractivity contribution in [2.45, 2.75) is 25.8 Å². The van der Waals surface area contributed by atoms with E-state index in [2.05, 4.69) is 27.1 Å². The van der Waals surface area contributed by atoms with Crippen LogP contribution in [0.5, 0.6) is 0 Å². The van der Waals surface area contributed by atoms with E-state index in [0.717, 1.165) is 62.6 Å². The summed E-state index contributed by atoms with van der Waals surface area (Å²) < 4.78 is 0. The van der Waals surface area contributed by atoms with Gasteiger partial charge >= 0.3 is 0 Å². The summed E-state index contributed by atoms with van der Waals surface area (Å²) in [4.78, 5) is 35.7. The molecule has 3 heterocycles. The zero-order valence-corrected chi connectivity index (χ0v) is 17.5. The molecule has 30 heavy (non-hydrogen) atoms. The number of hydrogen-bond acceptors (Lipinski definition) is 5. The Balaban J connectivity index is 1.39. The van der Waals surface area contributed by atoms with Gasteiger partial charge in [0.1, 0.15) is 5.82 Å². The highest BCUT2D eigenvalue weighted by molar-refractivity contribution is 5.97. The molecule has 2 aromatic rings. The van der Waals surface area contributed by atoms with Gasteiger partial charge in [-0.05, 0) is 50.2 Å². The van der Waals surface area contributed by atoms with E-state index >= 15 is 0 Å². The molecule has 0 atom stereocenters. The molecule has 0 bridgehead atoms. The molecule has 2 aliphatic rings. The van der Waals surface area contributed by atoms with Gasteiger partial charge in [0, 0.05) is 68.7 Å². The summed E-state index contributed by atoms with van der Waals surface area (Å²) in [5.74, 6) is 0.982. The number of nitrogens with zero attached hydrogens (tertiary/aromatic N) is 4. The minimum atomic E-state index is -0.125. The van der Waals surface area contributed by atoms with Crippen LogP contribution in [0.4, 0.5) is 11.5 Å². The molecule has 7 heteroatoms. The quantitative estimate of drug-likeness (QED) is 0.824. The largest absolute Gasteiger partial charge is 0.354 e. The third kappa shape index (κ3) is 4.62. The van der Waals surface area contributed by atoms with Gasteiger partial charge in [0.25, 0.3) is 5.91 Å². The first-order valence-corrected chi connectivity index (χ1v) is 10.7. The third-order valence-electron chi connectivity index (χ3n) is 5.87. The van der Waals surface area contributed by atoms with E-state index in [1.807, 2.05) is 29.2 Å². The van der Waals surface area contributed by atoms with E-state index in [1.165, 1.54) is 0 Å². The number of anilines is 2. The minimum Gasteiger partial charge on any atom is -0.354 e. The maximum Gasteiger partial charge on any atom is 0.251 e. The molecule has 158 valence electrons. The Morgan fingerprint density at radius 3 is 2.53 bits per heavy atom. The molecular formula is C23H29N5O2. The van der Waals surface area contributed by atoms with Crippen LogP contribution in [0, 0.1) is 0 Å². The number of piperidine rings is 1. The van der Waals surface area contributed by atoms with Gasteiger partial charge in [-0.3, -0.25) is 9.59 Å². The Hall–Kier alpha value is -2.93. The molecule has 0 spiro atoms. The van der Waals surface area contributed by atoms with Crippen molar-refractivity contribution in [3.8, 4) is 0 Å². The van der Waals surface area contributed by atoms with Crippen LogP contribution in [0.25, 0.3) is 0 Å². The molecular weight excluding hydrogens is 378 g/mol. The van der Waals surface area contributed by atoms with E-state index in [1.54, 1.807) is 18.3 Å². The van der Waals surface area contributed by atoms with Crippen LogP contribution in [-0.2, 0) is 11.3 Å². The average molecular weight is 408 g/mol. The van der Waals surface area contributed by atoms with Gasteiger partial charge in [-0.1, -0.05) is 6.07 Å². The van der Waals surface area contributed by atoms with E-state index in [4.69, 9.17) is 0 Å². The van der Waals surface area contributed by atoms with Gasteiger partial charge < -0.3 is 20.0 Å². The van der Waals surface area contributed by atoms with Crippen molar-refractivity contribution in [3.05, 3.63) is 53.7 Å². The normalized spacial score (nSPS) is 17.8. The van der Waals surface area contributed by atoms with Crippen molar-refractivity contribution >= 4 is 23.3 Å². The topological polar surface area (TPSA) is 68.8 Å². The average Bonchev–Trinajstić information content (AvgIpc) is 2.79. The molecule has 4 rings (SSSR count). The highest BCUT2D eigenvalue weighted by Crippen LogP contribution is 2.22. The van der Waals surface area contributed by atoms with Crippen LogP contribution in [0.15, 0.2) is 42.6 Å². The number of likely N-dealkylation sites (N-methyl/N-ethyl adjacent to an activating group) is 1. The van der Waals surface area contributed by atoms with Crippen LogP contribution in [-0.4, -0.2) is 61.5 Å². The minimum absolute atomic E-state index is 0.125. The lowest BCUT2D eigenvalue weighted by Gasteiger charge is -2.34. The summed E-state index contributed by atoms with van der Waals surface area (Å²) in [6, 6.07) is 11.2. The molecule has 1 aromatic heterocycles. The van der Waals surface area contributed by atoms with E-state index < -0.39 is 0 Å². The molecule has 1 aromatic carbocycles. The Kier molecular flexibility index (Phi) is 6.28. The maximum absolute atomic E-state index is 12.7. The zero-order valence-electron chi connectivity index (χ0n) is 17.5. The zero-order chi connectivity index (χ0) is 20.9. The molecule has 0 aliphatic carbocycles. The van der Waals surface area contributed by atoms with Crippen molar-refractivity contribution < 1.29 is 9.59 Å². The van der Waals surface area contributed by atoms with Crippen molar-refractivity contribution in [3.63, 3.8) is 0 Å². The Morgan fingerprint density at radius 2 is 1.80 bits per heavy atom. The SMILES string of the molecule is CN1CCN(c2ncccc2CNC(=O)c2ccc(N3CCCCC3=O)cc2)CC1. The number of piperazine rings is 1. The molecule has 2 amide bonds. The lowest BCUT2D eigenvalue weighted by molar-refractivity contribution is -0.119. The van der Waals surface area contributed by atoms with Crippen molar-refractivity contribution in [2.24, 2.45) is 0 Å². The van der Waals surface area contributed by atoms with Gasteiger partial charge in [0.15, 0.2) is 0 Å². The molecule has 0 saturated carbocycles. The van der Waals surface area contributed by atoms with Crippen LogP contribution in [0.3, 0.4) is 0 Å². The summed E-state index contributed by atoms with van der Waals surface area (Å²) in [6.07, 6.45) is 4.39. The number of aromatic nitrogens is 1. The number of carbonyl (C=O) groups is 2. The molecule has 0 radical (unpaired) electrons. The first-order valence-electron chi connectivity index (χ1n) is 10.7. The monoisotopic (exact) mass is 407 g/mol. The highest BCUT2D eigenvalue weighted by Gasteiger charge is 2.20. The second-order valence-corrected chi connectivity index (χ2v) is 8.01. The predicted octanol–water partition coefficient (Wildman–Crippen LogP) is 2.28. The van der Waals surface area contributed by atoms with E-state index in [0.29, 0.717) is 18.5 Å². The first-order chi connectivity index (χ1) is 14.6. The van der Waals surface area contributed by atoms with Gasteiger partial charge in [-0.25, -0.2) is 4.98 Å². The summed E-state index contributed by atoms with van der Waals surface area (Å²) in [6.45, 7) is 5.07. The van der Waals surface area contributed by atoms with Crippen LogP contribution < -0.4 is 15.1 Å². The number of benzene rings is 1. The standard InChI is InChI=1S/C23H29N5O2/c1-26-13-15-27(16-14-26)22-19(5-4-11-24-22)17-25-23(30)18-7-9-20(10-8-18)28-12-3-2-6-21(28)29/h4-5,7-11H,2-3,6,12-17H2,1H3,(H,25,30). The van der Waals surface area contributed by atoms with E-state index in [9.17, 15) is 9.59 Å². The number of carbonyl (C=O) groups excluding carboxylic acids is 2. The molecule has 2 fully saturated rings. The number of pyridine rings is 1. The summed E-state index contributed by atoms with van der Waals surface area (Å²) in [5.41, 5.74) is 2.47. The second kappa shape index (κ2) is 9.26. The Labute approximate surface area is 177 Å². The van der Waals surface area contributed by atoms with Crippen molar-refractivity contribution in [2.75, 3.05) is 49.6 Å². The molecule has 7 nitrogen and oxygen atoms in total. The number of nitrogens with one attached hydrogen (secondary N) is 1. The number of rotatable bonds is 5. The predicted molar refractivity (Wildman–Crippen MR) is 118 cm³/mol. The van der Waals surface area contributed by atoms with Gasteiger partial charge in [0.05, 0.1) is 0 Å². The van der Waals surface area contributed by atoms with Crippen LogP contribution >= 0.6 is 0 Å². The summed E-state index contributed by atoms with van der Waals surface area (Å²) in [7, 11) is 2.13. The summed E-state index contributed by atoms with van der Waals surface area (Å²) in [5, 5.41) is 3.01. The van der Waals surface area contributed by atoms with E-state index in [-0.39, 0.29) is 11.8 Å². The molecule has 2 saturated heterocycles. The van der Waals surface area contributed by atoms with Crippen molar-refractivity contribution in [1.82, 2.24) is 15.2 Å². The number of amides is 2. The fraction of sp³-hybridized carbons (Fsp3) is 0.435. The van der Waals surface area contributed by atoms with Gasteiger partial charge in [-0.15, -0.1) is 0 Å². The highest BCUT2D eigenvalue weighted by atomic mass is 16.2. The number of hydrogen-bond donors (Lipinski definition) is 1. The maximum atomic E-state index is 12.7. The third-order valence-corrected chi connectivity index (χ3v) is 5.87. The van der Waals surface area contributed by atoms with Crippen LogP contribution in [0.2, 0.25) is 0 Å². The lowest BCUT2D eigenvalue weighted by Crippen LogP contribution is -2.45. The fourth-order valence-corrected chi connectivity index (χ4v) is 4.02. The fourth-order valence-electron chi connectivity index (χ4n) is 4.02. The van der Waals surface area contributed by atoms with Crippen molar-refractivity contribution in [1.29, 1.82) is 0 Å². The lowest BCUT2D eigenvalue weighted by atomic mass is 10.1. The summed E-state index contributed by atoms with van der Waals surface area (Å²) >= 11 is 0. The second-order valence-electron chi connectivity index (χ2n) is 8.01.